The standard InChI is InChI=1S/C26H26FN7O3/c1-4-16-22(25-32-21-15(24(29)33-25)11-19(36-2)23(37-3)20(21)27)34(8-7-30-16)26(35)18-10-14-9-13(12-28)5-6-17(14)31-18/h5-6,9-11,16,22,30-31H,4,7-8H2,1-3H3,(H2,29,32,33). The summed E-state index contributed by atoms with van der Waals surface area (Å²) in [5, 5.41) is 13.7. The third kappa shape index (κ3) is 4.05. The number of carbonyl (C=O) groups is 1. The van der Waals surface area contributed by atoms with Gasteiger partial charge in [-0.2, -0.15) is 5.26 Å². The molecule has 1 amide bonds. The first-order valence-corrected chi connectivity index (χ1v) is 11.8. The van der Waals surface area contributed by atoms with E-state index < -0.39 is 11.9 Å². The number of nitrogens with two attached hydrogens (primary N) is 1. The maximum Gasteiger partial charge on any atom is 0.271 e. The Hall–Kier alpha value is -4.43. The monoisotopic (exact) mass is 503 g/mol. The van der Waals surface area contributed by atoms with Gasteiger partial charge in [0, 0.05) is 35.4 Å². The third-order valence-corrected chi connectivity index (χ3v) is 6.74. The summed E-state index contributed by atoms with van der Waals surface area (Å²) in [6, 6.07) is 9.77. The van der Waals surface area contributed by atoms with E-state index in [2.05, 4.69) is 26.3 Å². The van der Waals surface area contributed by atoms with Crippen LogP contribution in [-0.4, -0.2) is 59.1 Å². The van der Waals surface area contributed by atoms with Gasteiger partial charge in [0.25, 0.3) is 5.91 Å². The summed E-state index contributed by atoms with van der Waals surface area (Å²) in [5.74, 6) is -0.582. The van der Waals surface area contributed by atoms with Crippen molar-refractivity contribution in [1.82, 2.24) is 25.2 Å². The number of rotatable bonds is 5. The van der Waals surface area contributed by atoms with Gasteiger partial charge < -0.3 is 30.4 Å². The summed E-state index contributed by atoms with van der Waals surface area (Å²) in [5.41, 5.74) is 7.89. The molecule has 2 unspecified atom stereocenters. The van der Waals surface area contributed by atoms with Crippen LogP contribution in [0.3, 0.4) is 0 Å². The Morgan fingerprint density at radius 1 is 1.27 bits per heavy atom. The molecule has 1 aliphatic rings. The number of nitriles is 1. The molecule has 1 aliphatic heterocycles. The summed E-state index contributed by atoms with van der Waals surface area (Å²) in [6.45, 7) is 2.94. The molecule has 5 rings (SSSR count). The molecule has 0 bridgehead atoms. The van der Waals surface area contributed by atoms with Gasteiger partial charge in [-0.25, -0.2) is 14.4 Å². The van der Waals surface area contributed by atoms with Crippen LogP contribution in [0.15, 0.2) is 30.3 Å². The van der Waals surface area contributed by atoms with Crippen LogP contribution in [0.25, 0.3) is 21.8 Å². The van der Waals surface area contributed by atoms with Gasteiger partial charge in [-0.05, 0) is 36.8 Å². The third-order valence-electron chi connectivity index (χ3n) is 6.74. The second kappa shape index (κ2) is 9.55. The Labute approximate surface area is 212 Å². The topological polar surface area (TPSA) is 142 Å². The van der Waals surface area contributed by atoms with E-state index in [0.717, 1.165) is 10.9 Å². The summed E-state index contributed by atoms with van der Waals surface area (Å²) < 4.78 is 25.9. The molecule has 11 heteroatoms. The molecule has 0 aliphatic carbocycles. The number of anilines is 1. The van der Waals surface area contributed by atoms with Gasteiger partial charge in [-0.1, -0.05) is 6.92 Å². The Balaban J connectivity index is 1.62. The van der Waals surface area contributed by atoms with Crippen LogP contribution in [0.4, 0.5) is 10.2 Å². The van der Waals surface area contributed by atoms with Gasteiger partial charge in [-0.15, -0.1) is 0 Å². The average molecular weight is 504 g/mol. The van der Waals surface area contributed by atoms with E-state index in [9.17, 15) is 10.1 Å². The van der Waals surface area contributed by atoms with Crippen molar-refractivity contribution in [2.75, 3.05) is 33.0 Å². The fourth-order valence-electron chi connectivity index (χ4n) is 4.93. The normalized spacial score (nSPS) is 17.6. The summed E-state index contributed by atoms with van der Waals surface area (Å²) in [4.78, 5) is 27.7. The van der Waals surface area contributed by atoms with Crippen LogP contribution in [0.2, 0.25) is 0 Å². The number of aromatic amines is 1. The van der Waals surface area contributed by atoms with Crippen LogP contribution in [0.1, 0.15) is 41.3 Å². The van der Waals surface area contributed by atoms with Crippen molar-refractivity contribution in [3.63, 3.8) is 0 Å². The number of methoxy groups -OCH3 is 2. The zero-order valence-corrected chi connectivity index (χ0v) is 20.6. The van der Waals surface area contributed by atoms with Crippen LogP contribution in [0, 0.1) is 17.1 Å². The van der Waals surface area contributed by atoms with E-state index in [1.165, 1.54) is 20.3 Å². The predicted octanol–water partition coefficient (Wildman–Crippen LogP) is 3.29. The highest BCUT2D eigenvalue weighted by atomic mass is 19.1. The zero-order chi connectivity index (χ0) is 26.3. The molecule has 37 heavy (non-hydrogen) atoms. The van der Waals surface area contributed by atoms with Crippen molar-refractivity contribution in [3.8, 4) is 17.6 Å². The molecule has 2 atom stereocenters. The van der Waals surface area contributed by atoms with Crippen molar-refractivity contribution in [3.05, 3.63) is 53.2 Å². The smallest absolute Gasteiger partial charge is 0.271 e. The number of nitrogen functional groups attached to an aromatic ring is 1. The molecule has 4 aromatic rings. The van der Waals surface area contributed by atoms with Crippen molar-refractivity contribution in [2.24, 2.45) is 0 Å². The highest BCUT2D eigenvalue weighted by molar-refractivity contribution is 5.98. The highest BCUT2D eigenvalue weighted by Crippen LogP contribution is 2.38. The molecule has 1 saturated heterocycles. The lowest BCUT2D eigenvalue weighted by molar-refractivity contribution is 0.0536. The van der Waals surface area contributed by atoms with Crippen molar-refractivity contribution >= 4 is 33.5 Å². The number of nitrogens with one attached hydrogen (secondary N) is 2. The molecular weight excluding hydrogens is 477 g/mol. The number of hydrogen-bond acceptors (Lipinski definition) is 8. The SMILES string of the molecule is CCC1NCCN(C(=O)c2cc3cc(C#N)ccc3[nH]2)C1c1nc(N)c2cc(OC)c(OC)c(F)c2n1. The first kappa shape index (κ1) is 24.3. The molecule has 0 spiro atoms. The lowest BCUT2D eigenvalue weighted by Crippen LogP contribution is -2.55. The summed E-state index contributed by atoms with van der Waals surface area (Å²) >= 11 is 0. The molecule has 3 heterocycles. The van der Waals surface area contributed by atoms with E-state index in [-0.39, 0.29) is 46.0 Å². The van der Waals surface area contributed by atoms with E-state index in [0.29, 0.717) is 30.8 Å². The van der Waals surface area contributed by atoms with Gasteiger partial charge in [0.05, 0.1) is 25.9 Å². The van der Waals surface area contributed by atoms with Crippen molar-refractivity contribution < 1.29 is 18.7 Å². The maximum absolute atomic E-state index is 15.4. The molecule has 10 nitrogen and oxygen atoms in total. The Kier molecular flexibility index (Phi) is 6.27. The number of halogens is 1. The Morgan fingerprint density at radius 3 is 2.78 bits per heavy atom. The predicted molar refractivity (Wildman–Crippen MR) is 136 cm³/mol. The van der Waals surface area contributed by atoms with Crippen LogP contribution in [-0.2, 0) is 0 Å². The Morgan fingerprint density at radius 2 is 2.08 bits per heavy atom. The van der Waals surface area contributed by atoms with Crippen LogP contribution >= 0.6 is 0 Å². The zero-order valence-electron chi connectivity index (χ0n) is 20.6. The lowest BCUT2D eigenvalue weighted by atomic mass is 9.99. The number of H-pyrrole nitrogens is 1. The fraction of sp³-hybridized carbons (Fsp3) is 0.308. The Bertz CT molecular complexity index is 1560. The van der Waals surface area contributed by atoms with E-state index in [4.69, 9.17) is 15.2 Å². The van der Waals surface area contributed by atoms with Crippen molar-refractivity contribution in [2.45, 2.75) is 25.4 Å². The van der Waals surface area contributed by atoms with Gasteiger partial charge in [-0.3, -0.25) is 4.79 Å². The fourth-order valence-corrected chi connectivity index (χ4v) is 4.93. The number of ether oxygens (including phenoxy) is 2. The number of hydrogen-bond donors (Lipinski definition) is 3. The quantitative estimate of drug-likeness (QED) is 0.377. The average Bonchev–Trinajstić information content (AvgIpc) is 3.35. The van der Waals surface area contributed by atoms with E-state index >= 15 is 4.39 Å². The molecule has 0 saturated carbocycles. The minimum absolute atomic E-state index is 0.0115. The van der Waals surface area contributed by atoms with E-state index in [1.54, 1.807) is 29.2 Å². The summed E-state index contributed by atoms with van der Waals surface area (Å²) in [6.07, 6.45) is 0.669. The maximum atomic E-state index is 15.4. The lowest BCUT2D eigenvalue weighted by Gasteiger charge is -2.40. The molecule has 190 valence electrons. The minimum atomic E-state index is -0.717. The van der Waals surface area contributed by atoms with Crippen LogP contribution < -0.4 is 20.5 Å². The molecule has 2 aromatic heterocycles. The first-order valence-electron chi connectivity index (χ1n) is 11.8. The number of carbonyl (C=O) groups excluding carboxylic acids is 1. The van der Waals surface area contributed by atoms with Gasteiger partial charge in [0.2, 0.25) is 0 Å². The first-order chi connectivity index (χ1) is 17.9. The van der Waals surface area contributed by atoms with Crippen molar-refractivity contribution in [1.29, 1.82) is 5.26 Å². The summed E-state index contributed by atoms with van der Waals surface area (Å²) in [7, 11) is 2.75. The van der Waals surface area contributed by atoms with Gasteiger partial charge in [0.1, 0.15) is 23.1 Å². The second-order valence-electron chi connectivity index (χ2n) is 8.80. The van der Waals surface area contributed by atoms with E-state index in [1.807, 2.05) is 6.92 Å². The molecule has 2 aromatic carbocycles. The van der Waals surface area contributed by atoms with Gasteiger partial charge >= 0.3 is 0 Å². The number of amides is 1. The number of fused-ring (bicyclic) bond motifs is 2. The molecule has 1 fully saturated rings. The second-order valence-corrected chi connectivity index (χ2v) is 8.80. The highest BCUT2D eigenvalue weighted by Gasteiger charge is 2.38. The number of aromatic nitrogens is 3. The van der Waals surface area contributed by atoms with Crippen LogP contribution in [0.5, 0.6) is 11.5 Å². The van der Waals surface area contributed by atoms with Gasteiger partial charge in [0.15, 0.2) is 23.1 Å². The molecule has 0 radical (unpaired) electrons. The number of nitrogens with zero attached hydrogens (tertiary/aromatic N) is 4. The largest absolute Gasteiger partial charge is 0.493 e. The number of piperazine rings is 1. The number of benzene rings is 2. The minimum Gasteiger partial charge on any atom is -0.493 e. The molecule has 4 N–H and O–H groups in total. The molecular formula is C26H26FN7O3.